The highest BCUT2D eigenvalue weighted by Gasteiger charge is 2.15. The van der Waals surface area contributed by atoms with E-state index in [1.54, 1.807) is 28.8 Å². The van der Waals surface area contributed by atoms with E-state index in [0.29, 0.717) is 12.0 Å². The number of pyridine rings is 1. The Bertz CT molecular complexity index is 607. The van der Waals surface area contributed by atoms with Crippen molar-refractivity contribution in [3.05, 3.63) is 64.1 Å². The number of rotatable bonds is 3. The zero-order chi connectivity index (χ0) is 13.1. The highest BCUT2D eigenvalue weighted by molar-refractivity contribution is 6.59. The molecule has 0 unspecified atom stereocenters. The number of nitrogens with zero attached hydrogens (tertiary/aromatic N) is 1. The first-order valence-corrected chi connectivity index (χ1v) is 5.70. The van der Waals surface area contributed by atoms with Gasteiger partial charge in [0.2, 0.25) is 0 Å². The lowest BCUT2D eigenvalue weighted by Gasteiger charge is -2.12. The first-order chi connectivity index (χ1) is 8.59. The topological polar surface area (TPSA) is 62.5 Å². The molecule has 0 aliphatic heterocycles. The van der Waals surface area contributed by atoms with Gasteiger partial charge in [-0.2, -0.15) is 0 Å². The van der Waals surface area contributed by atoms with Gasteiger partial charge < -0.3 is 14.6 Å². The zero-order valence-electron chi connectivity index (χ0n) is 10.1. The molecule has 92 valence electrons. The first kappa shape index (κ1) is 12.6. The van der Waals surface area contributed by atoms with Crippen LogP contribution in [-0.2, 0) is 6.54 Å². The Morgan fingerprint density at radius 1 is 1.11 bits per heavy atom. The molecule has 5 heteroatoms. The summed E-state index contributed by atoms with van der Waals surface area (Å²) in [5.41, 5.74) is 1.89. The Balaban J connectivity index is 2.44. The molecule has 1 aromatic carbocycles. The van der Waals surface area contributed by atoms with Crippen molar-refractivity contribution < 1.29 is 10.0 Å². The van der Waals surface area contributed by atoms with Crippen molar-refractivity contribution in [1.29, 1.82) is 0 Å². The Morgan fingerprint density at radius 2 is 1.83 bits per heavy atom. The Hall–Kier alpha value is -1.85. The predicted octanol–water partition coefficient (Wildman–Crippen LogP) is -0.115. The summed E-state index contributed by atoms with van der Waals surface area (Å²) in [5, 5.41) is 18.6. The van der Waals surface area contributed by atoms with Gasteiger partial charge in [-0.3, -0.25) is 4.79 Å². The summed E-state index contributed by atoms with van der Waals surface area (Å²) in [4.78, 5) is 11.8. The van der Waals surface area contributed by atoms with E-state index in [-0.39, 0.29) is 5.56 Å². The second kappa shape index (κ2) is 5.20. The van der Waals surface area contributed by atoms with Gasteiger partial charge in [-0.05, 0) is 24.0 Å². The second-order valence-electron chi connectivity index (χ2n) is 4.16. The largest absolute Gasteiger partial charge is 0.488 e. The molecular weight excluding hydrogens is 229 g/mol. The molecule has 0 spiro atoms. The van der Waals surface area contributed by atoms with Crippen molar-refractivity contribution in [2.24, 2.45) is 0 Å². The van der Waals surface area contributed by atoms with E-state index in [9.17, 15) is 14.8 Å². The molecule has 1 aromatic heterocycles. The Morgan fingerprint density at radius 3 is 2.50 bits per heavy atom. The van der Waals surface area contributed by atoms with Crippen LogP contribution in [0, 0.1) is 6.92 Å². The van der Waals surface area contributed by atoms with Gasteiger partial charge in [0, 0.05) is 11.8 Å². The van der Waals surface area contributed by atoms with Gasteiger partial charge in [-0.15, -0.1) is 0 Å². The van der Waals surface area contributed by atoms with Crippen molar-refractivity contribution in [2.45, 2.75) is 13.5 Å². The van der Waals surface area contributed by atoms with E-state index in [0.717, 1.165) is 11.3 Å². The molecule has 0 atom stereocenters. The summed E-state index contributed by atoms with van der Waals surface area (Å²) < 4.78 is 1.60. The van der Waals surface area contributed by atoms with Gasteiger partial charge in [0.1, 0.15) is 0 Å². The summed E-state index contributed by atoms with van der Waals surface area (Å²) in [5.74, 6) is 0. The average molecular weight is 243 g/mol. The zero-order valence-corrected chi connectivity index (χ0v) is 10.1. The minimum Gasteiger partial charge on any atom is -0.423 e. The maximum absolute atomic E-state index is 11.8. The van der Waals surface area contributed by atoms with E-state index in [1.165, 1.54) is 6.07 Å². The lowest BCUT2D eigenvalue weighted by molar-refractivity contribution is 0.425. The standard InChI is InChI=1S/C13H14BNO3/c1-10-5-4-8-13(16)15(10)9-11-6-2-3-7-12(11)14(17)18/h2-8,17-18H,9H2,1H3. The van der Waals surface area contributed by atoms with Gasteiger partial charge in [-0.1, -0.05) is 30.3 Å². The number of hydrogen-bond donors (Lipinski definition) is 2. The van der Waals surface area contributed by atoms with Crippen LogP contribution in [0.5, 0.6) is 0 Å². The van der Waals surface area contributed by atoms with Gasteiger partial charge in [0.25, 0.3) is 5.56 Å². The molecule has 0 fully saturated rings. The van der Waals surface area contributed by atoms with Crippen LogP contribution in [0.25, 0.3) is 0 Å². The highest BCUT2D eigenvalue weighted by Crippen LogP contribution is 2.02. The number of hydrogen-bond acceptors (Lipinski definition) is 3. The van der Waals surface area contributed by atoms with Crippen LogP contribution in [0.1, 0.15) is 11.3 Å². The smallest absolute Gasteiger partial charge is 0.423 e. The Kier molecular flexibility index (Phi) is 3.65. The van der Waals surface area contributed by atoms with E-state index in [2.05, 4.69) is 0 Å². The third-order valence-electron chi connectivity index (χ3n) is 2.93. The molecule has 18 heavy (non-hydrogen) atoms. The predicted molar refractivity (Wildman–Crippen MR) is 70.8 cm³/mol. The maximum atomic E-state index is 11.8. The minimum absolute atomic E-state index is 0.0998. The molecule has 0 saturated carbocycles. The van der Waals surface area contributed by atoms with Crippen LogP contribution >= 0.6 is 0 Å². The van der Waals surface area contributed by atoms with Crippen molar-refractivity contribution in [3.63, 3.8) is 0 Å². The fourth-order valence-electron chi connectivity index (χ4n) is 1.93. The second-order valence-corrected chi connectivity index (χ2v) is 4.16. The van der Waals surface area contributed by atoms with Crippen molar-refractivity contribution in [1.82, 2.24) is 4.57 Å². The van der Waals surface area contributed by atoms with Crippen LogP contribution < -0.4 is 11.0 Å². The van der Waals surface area contributed by atoms with Crippen molar-refractivity contribution >= 4 is 12.6 Å². The summed E-state index contributed by atoms with van der Waals surface area (Å²) >= 11 is 0. The fourth-order valence-corrected chi connectivity index (χ4v) is 1.93. The van der Waals surface area contributed by atoms with Crippen LogP contribution in [-0.4, -0.2) is 21.7 Å². The molecule has 2 rings (SSSR count). The third-order valence-corrected chi connectivity index (χ3v) is 2.93. The van der Waals surface area contributed by atoms with E-state index >= 15 is 0 Å². The Labute approximate surface area is 105 Å². The lowest BCUT2D eigenvalue weighted by Crippen LogP contribution is -2.35. The van der Waals surface area contributed by atoms with Crippen LogP contribution in [0.3, 0.4) is 0 Å². The summed E-state index contributed by atoms with van der Waals surface area (Å²) in [7, 11) is -1.53. The summed E-state index contributed by atoms with van der Waals surface area (Å²) in [6.07, 6.45) is 0. The molecule has 0 amide bonds. The number of aromatic nitrogens is 1. The molecule has 2 N–H and O–H groups in total. The van der Waals surface area contributed by atoms with E-state index in [1.807, 2.05) is 19.1 Å². The third kappa shape index (κ3) is 2.52. The molecule has 4 nitrogen and oxygen atoms in total. The van der Waals surface area contributed by atoms with Gasteiger partial charge in [-0.25, -0.2) is 0 Å². The van der Waals surface area contributed by atoms with Crippen molar-refractivity contribution in [3.8, 4) is 0 Å². The molecule has 0 saturated heterocycles. The highest BCUT2D eigenvalue weighted by atomic mass is 16.4. The van der Waals surface area contributed by atoms with E-state index in [4.69, 9.17) is 0 Å². The monoisotopic (exact) mass is 243 g/mol. The van der Waals surface area contributed by atoms with Gasteiger partial charge in [0.15, 0.2) is 0 Å². The summed E-state index contributed by atoms with van der Waals surface area (Å²) in [6.45, 7) is 2.18. The number of aryl methyl sites for hydroxylation is 1. The van der Waals surface area contributed by atoms with Crippen LogP contribution in [0.15, 0.2) is 47.3 Å². The summed E-state index contributed by atoms with van der Waals surface area (Å²) in [6, 6.07) is 12.0. The first-order valence-electron chi connectivity index (χ1n) is 5.70. The molecule has 0 aliphatic rings. The minimum atomic E-state index is -1.53. The molecule has 1 heterocycles. The molecule has 0 bridgehead atoms. The molecule has 0 radical (unpaired) electrons. The van der Waals surface area contributed by atoms with Gasteiger partial charge >= 0.3 is 7.12 Å². The lowest BCUT2D eigenvalue weighted by atomic mass is 9.77. The molecule has 2 aromatic rings. The average Bonchev–Trinajstić information content (AvgIpc) is 2.34. The molecule has 0 aliphatic carbocycles. The van der Waals surface area contributed by atoms with Crippen LogP contribution in [0.2, 0.25) is 0 Å². The quantitative estimate of drug-likeness (QED) is 0.739. The number of benzene rings is 1. The van der Waals surface area contributed by atoms with Gasteiger partial charge in [0.05, 0.1) is 6.54 Å². The van der Waals surface area contributed by atoms with Crippen molar-refractivity contribution in [2.75, 3.05) is 0 Å². The van der Waals surface area contributed by atoms with E-state index < -0.39 is 7.12 Å². The van der Waals surface area contributed by atoms with Crippen LogP contribution in [0.4, 0.5) is 0 Å². The normalized spacial score (nSPS) is 10.4. The maximum Gasteiger partial charge on any atom is 0.488 e. The molecular formula is C13H14BNO3. The SMILES string of the molecule is Cc1cccc(=O)n1Cc1ccccc1B(O)O. The fraction of sp³-hybridized carbons (Fsp3) is 0.154.